The maximum atomic E-state index is 6.03. The van der Waals surface area contributed by atoms with Gasteiger partial charge in [0, 0.05) is 41.9 Å². The molecule has 1 aromatic rings. The summed E-state index contributed by atoms with van der Waals surface area (Å²) in [7, 11) is 0. The maximum absolute atomic E-state index is 6.03. The third-order valence-corrected chi connectivity index (χ3v) is 3.00. The topological polar surface area (TPSA) is 37.0 Å². The molecule has 1 atom stereocenters. The minimum absolute atomic E-state index is 0.265. The van der Waals surface area contributed by atoms with Crippen LogP contribution in [-0.4, -0.2) is 24.6 Å². The Kier molecular flexibility index (Phi) is 3.38. The van der Waals surface area contributed by atoms with Crippen molar-refractivity contribution in [1.82, 2.24) is 15.6 Å². The Morgan fingerprint density at radius 3 is 3.07 bits per heavy atom. The van der Waals surface area contributed by atoms with Crippen LogP contribution in [0.15, 0.2) is 16.7 Å². The van der Waals surface area contributed by atoms with Gasteiger partial charge in [0.05, 0.1) is 0 Å². The Hall–Kier alpha value is -0.160. The van der Waals surface area contributed by atoms with E-state index in [2.05, 4.69) is 31.5 Å². The highest BCUT2D eigenvalue weighted by molar-refractivity contribution is 9.10. The van der Waals surface area contributed by atoms with E-state index in [-0.39, 0.29) is 6.04 Å². The van der Waals surface area contributed by atoms with Gasteiger partial charge in [-0.25, -0.2) is 4.98 Å². The van der Waals surface area contributed by atoms with Gasteiger partial charge in [-0.2, -0.15) is 0 Å². The molecular formula is C9H11BrClN3. The Morgan fingerprint density at radius 1 is 1.50 bits per heavy atom. The average molecular weight is 277 g/mol. The molecule has 1 aromatic heterocycles. The van der Waals surface area contributed by atoms with Gasteiger partial charge in [-0.05, 0) is 22.0 Å². The van der Waals surface area contributed by atoms with Crippen LogP contribution < -0.4 is 10.6 Å². The van der Waals surface area contributed by atoms with Gasteiger partial charge in [0.2, 0.25) is 0 Å². The largest absolute Gasteiger partial charge is 0.314 e. The van der Waals surface area contributed by atoms with Crippen LogP contribution in [0.25, 0.3) is 0 Å². The van der Waals surface area contributed by atoms with E-state index >= 15 is 0 Å². The Morgan fingerprint density at radius 2 is 2.36 bits per heavy atom. The summed E-state index contributed by atoms with van der Waals surface area (Å²) in [6.45, 7) is 2.88. The van der Waals surface area contributed by atoms with Gasteiger partial charge in [-0.1, -0.05) is 11.6 Å². The number of aromatic nitrogens is 1. The monoisotopic (exact) mass is 275 g/mol. The highest BCUT2D eigenvalue weighted by Crippen LogP contribution is 2.24. The molecule has 0 spiro atoms. The normalized spacial score (nSPS) is 22.3. The molecule has 0 bridgehead atoms. The molecule has 3 nitrogen and oxygen atoms in total. The van der Waals surface area contributed by atoms with Crippen molar-refractivity contribution < 1.29 is 0 Å². The van der Waals surface area contributed by atoms with E-state index < -0.39 is 0 Å². The van der Waals surface area contributed by atoms with Gasteiger partial charge in [0.25, 0.3) is 0 Å². The molecule has 0 amide bonds. The zero-order chi connectivity index (χ0) is 9.97. The van der Waals surface area contributed by atoms with Gasteiger partial charge in [0.1, 0.15) is 5.15 Å². The summed E-state index contributed by atoms with van der Waals surface area (Å²) in [5.41, 5.74) is 1.05. The molecule has 0 aromatic carbocycles. The van der Waals surface area contributed by atoms with E-state index in [4.69, 9.17) is 11.6 Å². The van der Waals surface area contributed by atoms with E-state index in [0.29, 0.717) is 5.15 Å². The predicted molar refractivity (Wildman–Crippen MR) is 60.6 cm³/mol. The van der Waals surface area contributed by atoms with E-state index in [9.17, 15) is 0 Å². The van der Waals surface area contributed by atoms with Gasteiger partial charge >= 0.3 is 0 Å². The molecule has 0 radical (unpaired) electrons. The minimum Gasteiger partial charge on any atom is -0.314 e. The second-order valence-corrected chi connectivity index (χ2v) is 4.52. The summed E-state index contributed by atoms with van der Waals surface area (Å²) in [6.07, 6.45) is 1.71. The molecule has 2 heterocycles. The fourth-order valence-electron chi connectivity index (χ4n) is 1.56. The van der Waals surface area contributed by atoms with E-state index in [1.165, 1.54) is 0 Å². The van der Waals surface area contributed by atoms with E-state index in [1.807, 2.05) is 6.07 Å². The summed E-state index contributed by atoms with van der Waals surface area (Å²) in [4.78, 5) is 4.10. The first-order chi connectivity index (χ1) is 6.77. The number of hydrogen-bond donors (Lipinski definition) is 2. The third-order valence-electron chi connectivity index (χ3n) is 2.25. The maximum Gasteiger partial charge on any atom is 0.133 e. The second-order valence-electron chi connectivity index (χ2n) is 3.24. The molecule has 0 saturated carbocycles. The zero-order valence-corrected chi connectivity index (χ0v) is 9.90. The summed E-state index contributed by atoms with van der Waals surface area (Å²) >= 11 is 9.42. The number of pyridine rings is 1. The molecule has 1 aliphatic rings. The average Bonchev–Trinajstić information content (AvgIpc) is 2.23. The SMILES string of the molecule is Clc1ncc(Br)cc1[C@H]1CNCCN1. The van der Waals surface area contributed by atoms with Crippen LogP contribution in [0.1, 0.15) is 11.6 Å². The molecule has 1 aliphatic heterocycles. The molecule has 2 N–H and O–H groups in total. The van der Waals surface area contributed by atoms with Crippen molar-refractivity contribution in [3.05, 3.63) is 27.5 Å². The van der Waals surface area contributed by atoms with Crippen LogP contribution in [0.3, 0.4) is 0 Å². The van der Waals surface area contributed by atoms with Crippen molar-refractivity contribution in [1.29, 1.82) is 0 Å². The highest BCUT2D eigenvalue weighted by Gasteiger charge is 2.17. The molecule has 2 rings (SSSR count). The van der Waals surface area contributed by atoms with Crippen molar-refractivity contribution in [2.75, 3.05) is 19.6 Å². The predicted octanol–water partition coefficient (Wildman–Crippen LogP) is 1.73. The summed E-state index contributed by atoms with van der Waals surface area (Å²) in [5, 5.41) is 7.29. The fourth-order valence-corrected chi connectivity index (χ4v) is 2.14. The molecule has 0 aliphatic carbocycles. The third kappa shape index (κ3) is 2.25. The molecule has 14 heavy (non-hydrogen) atoms. The molecular weight excluding hydrogens is 265 g/mol. The first-order valence-corrected chi connectivity index (χ1v) is 5.69. The van der Waals surface area contributed by atoms with Gasteiger partial charge < -0.3 is 10.6 Å². The summed E-state index contributed by atoms with van der Waals surface area (Å²) in [6, 6.07) is 2.28. The van der Waals surface area contributed by atoms with Crippen LogP contribution in [0.2, 0.25) is 5.15 Å². The summed E-state index contributed by atoms with van der Waals surface area (Å²) in [5.74, 6) is 0. The quantitative estimate of drug-likeness (QED) is 0.767. The number of halogens is 2. The minimum atomic E-state index is 0.265. The van der Waals surface area contributed by atoms with Crippen molar-refractivity contribution in [3.63, 3.8) is 0 Å². The van der Waals surface area contributed by atoms with Crippen LogP contribution in [0, 0.1) is 0 Å². The number of piperazine rings is 1. The highest BCUT2D eigenvalue weighted by atomic mass is 79.9. The first-order valence-electron chi connectivity index (χ1n) is 4.52. The molecule has 1 fully saturated rings. The Labute approximate surface area is 96.4 Å². The number of nitrogens with zero attached hydrogens (tertiary/aromatic N) is 1. The Balaban J connectivity index is 2.24. The lowest BCUT2D eigenvalue weighted by atomic mass is 10.1. The molecule has 5 heteroatoms. The van der Waals surface area contributed by atoms with Crippen LogP contribution in [-0.2, 0) is 0 Å². The lowest BCUT2D eigenvalue weighted by Crippen LogP contribution is -2.42. The Bertz CT molecular complexity index is 326. The van der Waals surface area contributed by atoms with Crippen molar-refractivity contribution in [2.24, 2.45) is 0 Å². The number of rotatable bonds is 1. The molecule has 0 unspecified atom stereocenters. The lowest BCUT2D eigenvalue weighted by molar-refractivity contribution is 0.429. The zero-order valence-electron chi connectivity index (χ0n) is 7.56. The van der Waals surface area contributed by atoms with Gasteiger partial charge in [-0.3, -0.25) is 0 Å². The number of nitrogens with one attached hydrogen (secondary N) is 2. The second kappa shape index (κ2) is 4.57. The van der Waals surface area contributed by atoms with E-state index in [1.54, 1.807) is 6.20 Å². The van der Waals surface area contributed by atoms with Crippen LogP contribution in [0.4, 0.5) is 0 Å². The summed E-state index contributed by atoms with van der Waals surface area (Å²) < 4.78 is 0.962. The molecule has 76 valence electrons. The van der Waals surface area contributed by atoms with Gasteiger partial charge in [0.15, 0.2) is 0 Å². The fraction of sp³-hybridized carbons (Fsp3) is 0.444. The van der Waals surface area contributed by atoms with E-state index in [0.717, 1.165) is 29.7 Å². The van der Waals surface area contributed by atoms with Gasteiger partial charge in [-0.15, -0.1) is 0 Å². The van der Waals surface area contributed by atoms with Crippen LogP contribution >= 0.6 is 27.5 Å². The molecule has 1 saturated heterocycles. The number of hydrogen-bond acceptors (Lipinski definition) is 3. The standard InChI is InChI=1S/C9H11BrClN3/c10-6-3-7(9(11)14-4-6)8-5-12-1-2-13-8/h3-4,8,12-13H,1-2,5H2/t8-/m1/s1. The smallest absolute Gasteiger partial charge is 0.133 e. The first kappa shape index (κ1) is 10.4. The van der Waals surface area contributed by atoms with Crippen molar-refractivity contribution in [3.8, 4) is 0 Å². The van der Waals surface area contributed by atoms with Crippen LogP contribution in [0.5, 0.6) is 0 Å². The van der Waals surface area contributed by atoms with Crippen molar-refractivity contribution >= 4 is 27.5 Å². The lowest BCUT2D eigenvalue weighted by Gasteiger charge is -2.25. The van der Waals surface area contributed by atoms with Crippen molar-refractivity contribution in [2.45, 2.75) is 6.04 Å².